The van der Waals surface area contributed by atoms with Gasteiger partial charge in [-0.3, -0.25) is 4.90 Å². The molecule has 0 bridgehead atoms. The second-order valence-electron chi connectivity index (χ2n) is 7.93. The van der Waals surface area contributed by atoms with Crippen LogP contribution in [0, 0.1) is 11.7 Å². The minimum atomic E-state index is -0.174. The molecule has 0 amide bonds. The predicted molar refractivity (Wildman–Crippen MR) is 115 cm³/mol. The lowest BCUT2D eigenvalue weighted by atomic mass is 9.80. The van der Waals surface area contributed by atoms with E-state index in [1.165, 1.54) is 16.7 Å². The van der Waals surface area contributed by atoms with Gasteiger partial charge in [-0.1, -0.05) is 72.8 Å². The normalized spacial score (nSPS) is 19.9. The number of rotatable bonds is 7. The highest BCUT2D eigenvalue weighted by Gasteiger charge is 2.30. The van der Waals surface area contributed by atoms with Gasteiger partial charge in [0.05, 0.1) is 13.2 Å². The van der Waals surface area contributed by atoms with Crippen LogP contribution in [0.4, 0.5) is 4.39 Å². The summed E-state index contributed by atoms with van der Waals surface area (Å²) in [5.74, 6) is 0.618. The van der Waals surface area contributed by atoms with Gasteiger partial charge in [0.2, 0.25) is 0 Å². The zero-order valence-electron chi connectivity index (χ0n) is 16.7. The second kappa shape index (κ2) is 9.82. The summed E-state index contributed by atoms with van der Waals surface area (Å²) in [7, 11) is 0. The lowest BCUT2D eigenvalue weighted by molar-refractivity contribution is 0.0385. The Bertz CT molecular complexity index is 866. The minimum Gasteiger partial charge on any atom is -0.376 e. The van der Waals surface area contributed by atoms with Crippen LogP contribution < -0.4 is 0 Å². The average molecular weight is 390 g/mol. The van der Waals surface area contributed by atoms with Crippen molar-refractivity contribution in [1.82, 2.24) is 4.90 Å². The number of benzene rings is 3. The molecule has 3 heteroatoms. The van der Waals surface area contributed by atoms with Gasteiger partial charge in [-0.05, 0) is 47.7 Å². The number of hydrogen-bond donors (Lipinski definition) is 0. The van der Waals surface area contributed by atoms with Gasteiger partial charge in [0.25, 0.3) is 0 Å². The topological polar surface area (TPSA) is 12.5 Å². The van der Waals surface area contributed by atoms with Crippen LogP contribution in [-0.2, 0) is 17.9 Å². The summed E-state index contributed by atoms with van der Waals surface area (Å²) in [5.41, 5.74) is 3.76. The first-order valence-electron chi connectivity index (χ1n) is 10.4. The molecular weight excluding hydrogens is 361 g/mol. The Labute approximate surface area is 172 Å². The van der Waals surface area contributed by atoms with Crippen molar-refractivity contribution in [1.29, 1.82) is 0 Å². The molecular formula is C26H28FNO. The fourth-order valence-corrected chi connectivity index (χ4v) is 4.31. The van der Waals surface area contributed by atoms with Gasteiger partial charge < -0.3 is 4.74 Å². The molecule has 0 unspecified atom stereocenters. The monoisotopic (exact) mass is 389 g/mol. The summed E-state index contributed by atoms with van der Waals surface area (Å²) in [4.78, 5) is 2.52. The number of nitrogens with zero attached hydrogens (tertiary/aromatic N) is 1. The average Bonchev–Trinajstić information content (AvgIpc) is 2.76. The highest BCUT2D eigenvalue weighted by molar-refractivity contribution is 5.23. The molecule has 4 rings (SSSR count). The Balaban J connectivity index is 1.43. The van der Waals surface area contributed by atoms with Crippen molar-refractivity contribution in [2.45, 2.75) is 25.5 Å². The maximum absolute atomic E-state index is 13.4. The van der Waals surface area contributed by atoms with Crippen LogP contribution in [0.1, 0.15) is 29.0 Å². The van der Waals surface area contributed by atoms with Crippen molar-refractivity contribution in [3.63, 3.8) is 0 Å². The van der Waals surface area contributed by atoms with Gasteiger partial charge >= 0.3 is 0 Å². The smallest absolute Gasteiger partial charge is 0.123 e. The Morgan fingerprint density at radius 1 is 0.828 bits per heavy atom. The summed E-state index contributed by atoms with van der Waals surface area (Å²) in [6.07, 6.45) is 1.07. The van der Waals surface area contributed by atoms with Gasteiger partial charge in [-0.2, -0.15) is 0 Å². The molecule has 0 spiro atoms. The zero-order valence-corrected chi connectivity index (χ0v) is 16.7. The molecule has 1 aliphatic heterocycles. The van der Waals surface area contributed by atoms with Crippen molar-refractivity contribution < 1.29 is 9.13 Å². The van der Waals surface area contributed by atoms with Crippen LogP contribution in [0.2, 0.25) is 0 Å². The third-order valence-electron chi connectivity index (χ3n) is 5.81. The summed E-state index contributed by atoms with van der Waals surface area (Å²) in [6, 6.07) is 28.0. The first-order valence-corrected chi connectivity index (χ1v) is 10.4. The lowest BCUT2D eigenvalue weighted by Crippen LogP contribution is -2.41. The molecule has 1 heterocycles. The van der Waals surface area contributed by atoms with Crippen molar-refractivity contribution in [3.05, 3.63) is 107 Å². The van der Waals surface area contributed by atoms with Crippen LogP contribution in [-0.4, -0.2) is 24.6 Å². The Kier molecular flexibility index (Phi) is 6.71. The molecule has 0 N–H and O–H groups in total. The molecule has 2 atom stereocenters. The number of ether oxygens (including phenoxy) is 1. The fraction of sp³-hybridized carbons (Fsp3) is 0.308. The molecule has 3 aromatic carbocycles. The van der Waals surface area contributed by atoms with Crippen LogP contribution in [0.25, 0.3) is 0 Å². The second-order valence-corrected chi connectivity index (χ2v) is 7.93. The Morgan fingerprint density at radius 2 is 1.48 bits per heavy atom. The van der Waals surface area contributed by atoms with Crippen LogP contribution in [0.15, 0.2) is 84.9 Å². The van der Waals surface area contributed by atoms with E-state index in [0.29, 0.717) is 25.0 Å². The van der Waals surface area contributed by atoms with E-state index in [-0.39, 0.29) is 5.82 Å². The number of halogens is 1. The summed E-state index contributed by atoms with van der Waals surface area (Å²) in [5, 5.41) is 0. The maximum Gasteiger partial charge on any atom is 0.123 e. The molecule has 1 fully saturated rings. The van der Waals surface area contributed by atoms with Crippen LogP contribution in [0.3, 0.4) is 0 Å². The van der Waals surface area contributed by atoms with Gasteiger partial charge in [0, 0.05) is 19.0 Å². The van der Waals surface area contributed by atoms with Gasteiger partial charge in [-0.25, -0.2) is 4.39 Å². The SMILES string of the molecule is Fc1ccc([C@@H]2CCN(Cc3ccccc3)C[C@@H]2COCc2ccccc2)cc1. The number of hydrogen-bond acceptors (Lipinski definition) is 2. The van der Waals surface area contributed by atoms with E-state index in [2.05, 4.69) is 47.4 Å². The molecule has 1 aliphatic rings. The van der Waals surface area contributed by atoms with Crippen molar-refractivity contribution in [2.24, 2.45) is 5.92 Å². The highest BCUT2D eigenvalue weighted by Crippen LogP contribution is 2.34. The third-order valence-corrected chi connectivity index (χ3v) is 5.81. The van der Waals surface area contributed by atoms with Gasteiger partial charge in [0.1, 0.15) is 5.82 Å². The van der Waals surface area contributed by atoms with Crippen LogP contribution >= 0.6 is 0 Å². The fourth-order valence-electron chi connectivity index (χ4n) is 4.31. The molecule has 2 nitrogen and oxygen atoms in total. The summed E-state index contributed by atoms with van der Waals surface area (Å²) >= 11 is 0. The quantitative estimate of drug-likeness (QED) is 0.518. The summed E-state index contributed by atoms with van der Waals surface area (Å²) in [6.45, 7) is 4.35. The predicted octanol–water partition coefficient (Wildman–Crippen LogP) is 5.65. The van der Waals surface area contributed by atoms with Crippen molar-refractivity contribution >= 4 is 0 Å². The third kappa shape index (κ3) is 5.53. The van der Waals surface area contributed by atoms with Crippen molar-refractivity contribution in [3.8, 4) is 0 Å². The molecule has 0 radical (unpaired) electrons. The van der Waals surface area contributed by atoms with Gasteiger partial charge in [-0.15, -0.1) is 0 Å². The highest BCUT2D eigenvalue weighted by atomic mass is 19.1. The molecule has 0 aromatic heterocycles. The molecule has 0 saturated carbocycles. The molecule has 150 valence electrons. The first kappa shape index (κ1) is 19.8. The first-order chi connectivity index (χ1) is 14.3. The molecule has 0 aliphatic carbocycles. The molecule has 1 saturated heterocycles. The van der Waals surface area contributed by atoms with E-state index >= 15 is 0 Å². The molecule has 29 heavy (non-hydrogen) atoms. The lowest BCUT2D eigenvalue weighted by Gasteiger charge is -2.39. The largest absolute Gasteiger partial charge is 0.376 e. The minimum absolute atomic E-state index is 0.174. The Morgan fingerprint density at radius 3 is 2.17 bits per heavy atom. The van der Waals surface area contributed by atoms with E-state index in [1.807, 2.05) is 30.3 Å². The zero-order chi connectivity index (χ0) is 19.9. The summed E-state index contributed by atoms with van der Waals surface area (Å²) < 4.78 is 19.5. The number of piperidine rings is 1. The number of likely N-dealkylation sites (tertiary alicyclic amines) is 1. The van der Waals surface area contributed by atoms with E-state index in [9.17, 15) is 4.39 Å². The van der Waals surface area contributed by atoms with Gasteiger partial charge in [0.15, 0.2) is 0 Å². The van der Waals surface area contributed by atoms with E-state index < -0.39 is 0 Å². The van der Waals surface area contributed by atoms with Crippen LogP contribution in [0.5, 0.6) is 0 Å². The maximum atomic E-state index is 13.4. The standard InChI is InChI=1S/C26H28FNO/c27-25-13-11-23(12-14-25)26-15-16-28(17-21-7-3-1-4-8-21)18-24(26)20-29-19-22-9-5-2-6-10-22/h1-14,24,26H,15-20H2/t24-,26+/m1/s1. The van der Waals surface area contributed by atoms with Crippen molar-refractivity contribution in [2.75, 3.05) is 19.7 Å². The van der Waals surface area contributed by atoms with E-state index in [4.69, 9.17) is 4.74 Å². The van der Waals surface area contributed by atoms with E-state index in [1.54, 1.807) is 12.1 Å². The van der Waals surface area contributed by atoms with E-state index in [0.717, 1.165) is 26.1 Å². The Hall–Kier alpha value is -2.49. The molecule has 3 aromatic rings.